The minimum absolute atomic E-state index is 0.719. The highest BCUT2D eigenvalue weighted by molar-refractivity contribution is 6.31. The molecule has 0 radical (unpaired) electrons. The lowest BCUT2D eigenvalue weighted by molar-refractivity contribution is 1.30. The van der Waals surface area contributed by atoms with Crippen molar-refractivity contribution in [3.8, 4) is 0 Å². The predicted octanol–water partition coefficient (Wildman–Crippen LogP) is 12.8. The number of anilines is 6. The standard InChI is InChI=1S/C42H29ClN2/c1-2-29-13-21-35(22-14-29)44(33-9-5-3-6-10-33)39-27-17-30-16-26-38-40(28-18-31-15-25-37(39)41(30)42(31)38)45(34-11-7-4-8-12-34)36-23-19-32(43)20-24-36/h2-28H,1H2. The second-order valence-electron chi connectivity index (χ2n) is 11.2. The van der Waals surface area contributed by atoms with Gasteiger partial charge in [0.2, 0.25) is 0 Å². The summed E-state index contributed by atoms with van der Waals surface area (Å²) >= 11 is 6.32. The molecule has 8 rings (SSSR count). The molecule has 8 aromatic rings. The molecule has 0 unspecified atom stereocenters. The number of nitrogens with zero attached hydrogens (tertiary/aromatic N) is 2. The summed E-state index contributed by atoms with van der Waals surface area (Å²) in [6.07, 6.45) is 1.88. The average molecular weight is 597 g/mol. The van der Waals surface area contributed by atoms with Crippen molar-refractivity contribution in [1.82, 2.24) is 0 Å². The monoisotopic (exact) mass is 596 g/mol. The van der Waals surface area contributed by atoms with Gasteiger partial charge in [0.25, 0.3) is 0 Å². The lowest BCUT2D eigenvalue weighted by Crippen LogP contribution is -2.11. The predicted molar refractivity (Wildman–Crippen MR) is 195 cm³/mol. The lowest BCUT2D eigenvalue weighted by atomic mass is 9.91. The van der Waals surface area contributed by atoms with Crippen molar-refractivity contribution in [1.29, 1.82) is 0 Å². The van der Waals surface area contributed by atoms with Crippen molar-refractivity contribution in [2.75, 3.05) is 9.80 Å². The largest absolute Gasteiger partial charge is 0.310 e. The van der Waals surface area contributed by atoms with Crippen molar-refractivity contribution < 1.29 is 0 Å². The highest BCUT2D eigenvalue weighted by Gasteiger charge is 2.21. The number of halogens is 1. The molecule has 0 heterocycles. The Bertz CT molecular complexity index is 2280. The van der Waals surface area contributed by atoms with E-state index in [2.05, 4.69) is 162 Å². The van der Waals surface area contributed by atoms with Crippen molar-refractivity contribution >= 4 is 84.1 Å². The second kappa shape index (κ2) is 11.2. The van der Waals surface area contributed by atoms with Crippen LogP contribution in [0.25, 0.3) is 38.4 Å². The van der Waals surface area contributed by atoms with Crippen molar-refractivity contribution in [3.63, 3.8) is 0 Å². The van der Waals surface area contributed by atoms with E-state index < -0.39 is 0 Å². The highest BCUT2D eigenvalue weighted by Crippen LogP contribution is 2.47. The summed E-state index contributed by atoms with van der Waals surface area (Å²) in [6, 6.07) is 55.8. The van der Waals surface area contributed by atoms with Gasteiger partial charge in [0.05, 0.1) is 11.4 Å². The summed E-state index contributed by atoms with van der Waals surface area (Å²) in [7, 11) is 0. The molecule has 214 valence electrons. The maximum atomic E-state index is 6.32. The van der Waals surface area contributed by atoms with E-state index in [0.29, 0.717) is 0 Å². The summed E-state index contributed by atoms with van der Waals surface area (Å²) in [5.41, 5.74) is 7.71. The van der Waals surface area contributed by atoms with Gasteiger partial charge in [-0.1, -0.05) is 109 Å². The third-order valence-electron chi connectivity index (χ3n) is 8.60. The van der Waals surface area contributed by atoms with Gasteiger partial charge in [0, 0.05) is 38.5 Å². The fraction of sp³-hybridized carbons (Fsp3) is 0. The zero-order valence-electron chi connectivity index (χ0n) is 24.6. The van der Waals surface area contributed by atoms with Gasteiger partial charge in [0.1, 0.15) is 0 Å². The SMILES string of the molecule is C=Cc1ccc(N(c2ccccc2)c2ccc3ccc4c(N(c5ccccc5)c5ccc(Cl)cc5)ccc5ccc2c3c54)cc1. The molecule has 0 saturated carbocycles. The van der Waals surface area contributed by atoms with Crippen LogP contribution in [-0.4, -0.2) is 0 Å². The van der Waals surface area contributed by atoms with Crippen LogP contribution in [0.2, 0.25) is 5.02 Å². The van der Waals surface area contributed by atoms with Crippen molar-refractivity contribution in [2.24, 2.45) is 0 Å². The first-order valence-electron chi connectivity index (χ1n) is 15.1. The van der Waals surface area contributed by atoms with E-state index >= 15 is 0 Å². The van der Waals surface area contributed by atoms with E-state index in [4.69, 9.17) is 11.6 Å². The van der Waals surface area contributed by atoms with Gasteiger partial charge >= 0.3 is 0 Å². The first-order chi connectivity index (χ1) is 22.2. The summed E-state index contributed by atoms with van der Waals surface area (Å²) in [5.74, 6) is 0. The van der Waals surface area contributed by atoms with Crippen LogP contribution in [0.3, 0.4) is 0 Å². The van der Waals surface area contributed by atoms with Gasteiger partial charge in [-0.25, -0.2) is 0 Å². The molecule has 0 aromatic heterocycles. The van der Waals surface area contributed by atoms with Crippen molar-refractivity contribution in [3.05, 3.63) is 175 Å². The first-order valence-corrected chi connectivity index (χ1v) is 15.5. The normalized spacial score (nSPS) is 11.3. The van der Waals surface area contributed by atoms with Crippen LogP contribution in [-0.2, 0) is 0 Å². The van der Waals surface area contributed by atoms with Crippen LogP contribution in [0, 0.1) is 0 Å². The minimum Gasteiger partial charge on any atom is -0.310 e. The fourth-order valence-electron chi connectivity index (χ4n) is 6.52. The number of rotatable bonds is 7. The quantitative estimate of drug-likeness (QED) is 0.169. The third kappa shape index (κ3) is 4.68. The van der Waals surface area contributed by atoms with Gasteiger partial charge in [-0.15, -0.1) is 0 Å². The molecule has 0 fully saturated rings. The van der Waals surface area contributed by atoms with Gasteiger partial charge in [-0.2, -0.15) is 0 Å². The number of para-hydroxylation sites is 2. The molecule has 0 atom stereocenters. The van der Waals surface area contributed by atoms with Crippen LogP contribution in [0.5, 0.6) is 0 Å². The summed E-state index contributed by atoms with van der Waals surface area (Å²) in [4.78, 5) is 4.67. The maximum Gasteiger partial charge on any atom is 0.0540 e. The van der Waals surface area contributed by atoms with Gasteiger partial charge in [-0.05, 0) is 99.9 Å². The number of hydrogen-bond donors (Lipinski definition) is 0. The summed E-state index contributed by atoms with van der Waals surface area (Å²) in [5, 5.41) is 8.08. The molecule has 0 aliphatic rings. The van der Waals surface area contributed by atoms with E-state index in [9.17, 15) is 0 Å². The Morgan fingerprint density at radius 1 is 0.422 bits per heavy atom. The average Bonchev–Trinajstić information content (AvgIpc) is 3.10. The molecule has 0 amide bonds. The molecule has 0 aliphatic carbocycles. The molecule has 3 heteroatoms. The molecular formula is C42H29ClN2. The zero-order chi connectivity index (χ0) is 30.3. The van der Waals surface area contributed by atoms with Gasteiger partial charge < -0.3 is 9.80 Å². The van der Waals surface area contributed by atoms with Crippen LogP contribution in [0.15, 0.2) is 164 Å². The molecule has 2 nitrogen and oxygen atoms in total. The van der Waals surface area contributed by atoms with Gasteiger partial charge in [-0.3, -0.25) is 0 Å². The Morgan fingerprint density at radius 2 is 0.822 bits per heavy atom. The Hall–Kier alpha value is -5.57. The zero-order valence-corrected chi connectivity index (χ0v) is 25.3. The Morgan fingerprint density at radius 3 is 1.27 bits per heavy atom. The summed E-state index contributed by atoms with van der Waals surface area (Å²) < 4.78 is 0. The lowest BCUT2D eigenvalue weighted by Gasteiger charge is -2.29. The van der Waals surface area contributed by atoms with E-state index in [1.807, 2.05) is 18.2 Å². The Labute approximate surface area is 268 Å². The molecule has 0 aliphatic heterocycles. The van der Waals surface area contributed by atoms with Crippen LogP contribution < -0.4 is 9.80 Å². The maximum absolute atomic E-state index is 6.32. The van der Waals surface area contributed by atoms with Crippen molar-refractivity contribution in [2.45, 2.75) is 0 Å². The van der Waals surface area contributed by atoms with E-state index in [-0.39, 0.29) is 0 Å². The van der Waals surface area contributed by atoms with Crippen LogP contribution >= 0.6 is 11.6 Å². The smallest absolute Gasteiger partial charge is 0.0540 e. The van der Waals surface area contributed by atoms with E-state index in [1.54, 1.807) is 0 Å². The molecule has 8 aromatic carbocycles. The molecule has 0 bridgehead atoms. The molecule has 0 saturated heterocycles. The molecule has 45 heavy (non-hydrogen) atoms. The highest BCUT2D eigenvalue weighted by atomic mass is 35.5. The Kier molecular flexibility index (Phi) is 6.70. The fourth-order valence-corrected chi connectivity index (χ4v) is 6.64. The number of benzene rings is 8. The second-order valence-corrected chi connectivity index (χ2v) is 11.6. The summed E-state index contributed by atoms with van der Waals surface area (Å²) in [6.45, 7) is 3.95. The van der Waals surface area contributed by atoms with Crippen LogP contribution in [0.1, 0.15) is 5.56 Å². The van der Waals surface area contributed by atoms with Gasteiger partial charge in [0.15, 0.2) is 0 Å². The third-order valence-corrected chi connectivity index (χ3v) is 8.85. The van der Waals surface area contributed by atoms with E-state index in [0.717, 1.165) is 44.7 Å². The molecule has 0 spiro atoms. The Balaban J connectivity index is 1.40. The minimum atomic E-state index is 0.719. The molecular weight excluding hydrogens is 568 g/mol. The molecule has 0 N–H and O–H groups in total. The van der Waals surface area contributed by atoms with E-state index in [1.165, 1.54) is 32.3 Å². The topological polar surface area (TPSA) is 6.48 Å². The number of hydrogen-bond acceptors (Lipinski definition) is 2. The first kappa shape index (κ1) is 27.0. The van der Waals surface area contributed by atoms with Crippen LogP contribution in [0.4, 0.5) is 34.1 Å².